The Kier molecular flexibility index (Phi) is 4.50. The monoisotopic (exact) mass is 375 g/mol. The first-order valence-electron chi connectivity index (χ1n) is 8.29. The maximum absolute atomic E-state index is 12.6. The van der Waals surface area contributed by atoms with Crippen LogP contribution in [0, 0.1) is 6.92 Å². The second-order valence-corrected chi connectivity index (χ2v) is 7.69. The molecule has 2 N–H and O–H groups in total. The van der Waals surface area contributed by atoms with Crippen molar-refractivity contribution in [1.82, 2.24) is 10.3 Å². The molecule has 0 radical (unpaired) electrons. The number of halogens is 1. The van der Waals surface area contributed by atoms with E-state index in [0.717, 1.165) is 36.9 Å². The van der Waals surface area contributed by atoms with Crippen LogP contribution in [0.4, 0.5) is 5.13 Å². The fourth-order valence-corrected chi connectivity index (χ4v) is 4.41. The van der Waals surface area contributed by atoms with Crippen molar-refractivity contribution in [3.05, 3.63) is 45.6 Å². The number of fused-ring (bicyclic) bond motifs is 1. The van der Waals surface area contributed by atoms with Gasteiger partial charge in [-0.05, 0) is 44.8 Å². The van der Waals surface area contributed by atoms with Crippen molar-refractivity contribution in [3.63, 3.8) is 0 Å². The van der Waals surface area contributed by atoms with Crippen molar-refractivity contribution in [2.24, 2.45) is 0 Å². The number of hydrogen-bond acceptors (Lipinski definition) is 5. The molecule has 1 aliphatic heterocycles. The molecule has 5 nitrogen and oxygen atoms in total. The highest BCUT2D eigenvalue weighted by molar-refractivity contribution is 7.15. The molecule has 3 aromatic rings. The Morgan fingerprint density at radius 2 is 2.20 bits per heavy atom. The van der Waals surface area contributed by atoms with E-state index < -0.39 is 0 Å². The van der Waals surface area contributed by atoms with E-state index in [0.29, 0.717) is 21.7 Å². The van der Waals surface area contributed by atoms with E-state index in [1.54, 1.807) is 6.07 Å². The number of benzene rings is 1. The molecule has 25 heavy (non-hydrogen) atoms. The van der Waals surface area contributed by atoms with Crippen molar-refractivity contribution in [2.75, 3.05) is 18.4 Å². The van der Waals surface area contributed by atoms with Crippen molar-refractivity contribution < 1.29 is 9.21 Å². The third-order valence-electron chi connectivity index (χ3n) is 4.61. The molecule has 1 saturated heterocycles. The van der Waals surface area contributed by atoms with Gasteiger partial charge in [-0.2, -0.15) is 0 Å². The number of piperidine rings is 1. The Morgan fingerprint density at radius 1 is 1.40 bits per heavy atom. The Bertz CT molecular complexity index is 928. The third-order valence-corrected chi connectivity index (χ3v) is 5.98. The number of para-hydroxylation sites is 1. The molecule has 1 aromatic carbocycles. The number of nitrogens with one attached hydrogen (secondary N) is 2. The van der Waals surface area contributed by atoms with Gasteiger partial charge in [0, 0.05) is 22.0 Å². The number of nitrogens with zero attached hydrogens (tertiary/aromatic N) is 1. The van der Waals surface area contributed by atoms with E-state index in [1.807, 2.05) is 25.3 Å². The zero-order chi connectivity index (χ0) is 17.4. The fourth-order valence-electron chi connectivity index (χ4n) is 3.22. The molecule has 1 aliphatic rings. The Hall–Kier alpha value is -1.89. The lowest BCUT2D eigenvalue weighted by molar-refractivity contribution is 0.0998. The molecule has 4 rings (SSSR count). The number of anilines is 1. The normalized spacial score (nSPS) is 15.6. The van der Waals surface area contributed by atoms with Gasteiger partial charge in [-0.25, -0.2) is 4.98 Å². The maximum atomic E-state index is 12.6. The molecule has 7 heteroatoms. The van der Waals surface area contributed by atoms with Crippen LogP contribution in [-0.2, 0) is 0 Å². The maximum Gasteiger partial charge on any atom is 0.293 e. The predicted octanol–water partition coefficient (Wildman–Crippen LogP) is 4.57. The average molecular weight is 376 g/mol. The van der Waals surface area contributed by atoms with Crippen molar-refractivity contribution in [1.29, 1.82) is 0 Å². The number of aryl methyl sites for hydroxylation is 1. The predicted molar refractivity (Wildman–Crippen MR) is 101 cm³/mol. The van der Waals surface area contributed by atoms with Gasteiger partial charge in [-0.1, -0.05) is 23.7 Å². The molecule has 0 spiro atoms. The standard InChI is InChI=1S/C18H18ClN3O2S/c1-10-12-3-2-4-13(19)16(12)24-15(10)17(23)22-18-21-9-14(25-18)11-5-7-20-8-6-11/h2-4,9,11,20H,5-8H2,1H3,(H,21,22,23). The van der Waals surface area contributed by atoms with Gasteiger partial charge in [0.1, 0.15) is 0 Å². The number of hydrogen-bond donors (Lipinski definition) is 2. The molecule has 1 amide bonds. The highest BCUT2D eigenvalue weighted by Gasteiger charge is 2.22. The molecule has 3 heterocycles. The van der Waals surface area contributed by atoms with Crippen LogP contribution in [0.5, 0.6) is 0 Å². The molecule has 130 valence electrons. The SMILES string of the molecule is Cc1c(C(=O)Nc2ncc(C3CCNCC3)s2)oc2c(Cl)cccc12. The van der Waals surface area contributed by atoms with Gasteiger partial charge in [0.15, 0.2) is 16.5 Å². The average Bonchev–Trinajstić information content (AvgIpc) is 3.22. The Labute approximate surface area is 154 Å². The van der Waals surface area contributed by atoms with E-state index in [-0.39, 0.29) is 11.7 Å². The minimum atomic E-state index is -0.295. The second-order valence-electron chi connectivity index (χ2n) is 6.22. The zero-order valence-electron chi connectivity index (χ0n) is 13.8. The van der Waals surface area contributed by atoms with Gasteiger partial charge in [-0.15, -0.1) is 11.3 Å². The molecule has 2 aromatic heterocycles. The second kappa shape index (κ2) is 6.78. The van der Waals surface area contributed by atoms with Crippen molar-refractivity contribution >= 4 is 44.9 Å². The van der Waals surface area contributed by atoms with Gasteiger partial charge in [-0.3, -0.25) is 10.1 Å². The molecule has 0 unspecified atom stereocenters. The number of thiazole rings is 1. The van der Waals surface area contributed by atoms with Gasteiger partial charge < -0.3 is 9.73 Å². The summed E-state index contributed by atoms with van der Waals surface area (Å²) in [5.41, 5.74) is 1.33. The smallest absolute Gasteiger partial charge is 0.293 e. The minimum Gasteiger partial charge on any atom is -0.449 e. The summed E-state index contributed by atoms with van der Waals surface area (Å²) >= 11 is 7.70. The Balaban J connectivity index is 1.55. The minimum absolute atomic E-state index is 0.279. The zero-order valence-corrected chi connectivity index (χ0v) is 15.3. The summed E-state index contributed by atoms with van der Waals surface area (Å²) in [6.07, 6.45) is 4.09. The van der Waals surface area contributed by atoms with Crippen LogP contribution in [0.25, 0.3) is 11.0 Å². The first-order chi connectivity index (χ1) is 12.1. The van der Waals surface area contributed by atoms with Gasteiger partial charge >= 0.3 is 0 Å². The van der Waals surface area contributed by atoms with E-state index in [4.69, 9.17) is 16.0 Å². The fraction of sp³-hybridized carbons (Fsp3) is 0.333. The number of furan rings is 1. The summed E-state index contributed by atoms with van der Waals surface area (Å²) in [4.78, 5) is 18.2. The summed E-state index contributed by atoms with van der Waals surface area (Å²) in [6, 6.07) is 5.50. The summed E-state index contributed by atoms with van der Waals surface area (Å²) in [5.74, 6) is 0.508. The van der Waals surface area contributed by atoms with Crippen LogP contribution in [0.1, 0.15) is 39.8 Å². The van der Waals surface area contributed by atoms with Crippen LogP contribution >= 0.6 is 22.9 Å². The number of amides is 1. The first-order valence-corrected chi connectivity index (χ1v) is 9.48. The molecule has 0 aliphatic carbocycles. The number of rotatable bonds is 3. The van der Waals surface area contributed by atoms with E-state index in [2.05, 4.69) is 15.6 Å². The molecule has 0 atom stereocenters. The molecule has 0 saturated carbocycles. The third kappa shape index (κ3) is 3.17. The number of carbonyl (C=O) groups is 1. The Morgan fingerprint density at radius 3 is 2.96 bits per heavy atom. The number of carbonyl (C=O) groups excluding carboxylic acids is 1. The van der Waals surface area contributed by atoms with Crippen LogP contribution in [0.15, 0.2) is 28.8 Å². The van der Waals surface area contributed by atoms with E-state index >= 15 is 0 Å². The van der Waals surface area contributed by atoms with E-state index in [9.17, 15) is 4.79 Å². The molecular formula is C18H18ClN3O2S. The lowest BCUT2D eigenvalue weighted by atomic mass is 9.97. The summed E-state index contributed by atoms with van der Waals surface area (Å²) < 4.78 is 5.71. The van der Waals surface area contributed by atoms with Gasteiger partial charge in [0.25, 0.3) is 5.91 Å². The highest BCUT2D eigenvalue weighted by Crippen LogP contribution is 2.33. The summed E-state index contributed by atoms with van der Waals surface area (Å²) in [7, 11) is 0. The largest absolute Gasteiger partial charge is 0.449 e. The van der Waals surface area contributed by atoms with Gasteiger partial charge in [0.2, 0.25) is 0 Å². The van der Waals surface area contributed by atoms with Crippen molar-refractivity contribution in [2.45, 2.75) is 25.7 Å². The topological polar surface area (TPSA) is 67.2 Å². The van der Waals surface area contributed by atoms with Crippen LogP contribution in [0.3, 0.4) is 0 Å². The number of aromatic nitrogens is 1. The molecular weight excluding hydrogens is 358 g/mol. The van der Waals surface area contributed by atoms with E-state index in [1.165, 1.54) is 16.2 Å². The molecule has 1 fully saturated rings. The summed E-state index contributed by atoms with van der Waals surface area (Å²) in [5, 5.41) is 8.17. The summed E-state index contributed by atoms with van der Waals surface area (Å²) in [6.45, 7) is 3.92. The van der Waals surface area contributed by atoms with Gasteiger partial charge in [0.05, 0.1) is 5.02 Å². The van der Waals surface area contributed by atoms with Crippen LogP contribution in [-0.4, -0.2) is 24.0 Å². The quantitative estimate of drug-likeness (QED) is 0.703. The van der Waals surface area contributed by atoms with Crippen LogP contribution < -0.4 is 10.6 Å². The van der Waals surface area contributed by atoms with Crippen LogP contribution in [0.2, 0.25) is 5.02 Å². The first kappa shape index (κ1) is 16.6. The lowest BCUT2D eigenvalue weighted by Crippen LogP contribution is -2.26. The van der Waals surface area contributed by atoms with Crippen molar-refractivity contribution in [3.8, 4) is 0 Å². The lowest BCUT2D eigenvalue weighted by Gasteiger charge is -2.20. The highest BCUT2D eigenvalue weighted by atomic mass is 35.5. The molecule has 0 bridgehead atoms.